The Labute approximate surface area is 101 Å². The van der Waals surface area contributed by atoms with Crippen LogP contribution in [0.2, 0.25) is 0 Å². The molecule has 0 heterocycles. The quantitative estimate of drug-likeness (QED) is 0.719. The van der Waals surface area contributed by atoms with Crippen LogP contribution in [-0.4, -0.2) is 42.0 Å². The lowest BCUT2D eigenvalue weighted by Crippen LogP contribution is -2.54. The van der Waals surface area contributed by atoms with E-state index in [-0.39, 0.29) is 13.0 Å². The number of aliphatic hydroxyl groups is 1. The topological polar surface area (TPSA) is 84.9 Å². The minimum absolute atomic E-state index is 0.0545. The number of carbonyl (C=O) groups excluding carboxylic acids is 2. The molecular weight excluding hydrogens is 226 g/mol. The highest BCUT2D eigenvalue weighted by atomic mass is 16.6. The van der Waals surface area contributed by atoms with Gasteiger partial charge in [0.1, 0.15) is 11.1 Å². The molecule has 0 bridgehead atoms. The summed E-state index contributed by atoms with van der Waals surface area (Å²) in [7, 11) is 1.22. The van der Waals surface area contributed by atoms with Crippen LogP contribution in [0.15, 0.2) is 0 Å². The maximum absolute atomic E-state index is 11.5. The third-order valence-corrected chi connectivity index (χ3v) is 2.02. The summed E-state index contributed by atoms with van der Waals surface area (Å²) in [5, 5.41) is 11.3. The molecule has 0 spiro atoms. The molecule has 1 amide bonds. The fraction of sp³-hybridized carbons (Fsp3) is 0.818. The smallest absolute Gasteiger partial charge is 0.408 e. The van der Waals surface area contributed by atoms with Crippen molar-refractivity contribution in [3.63, 3.8) is 0 Å². The Kier molecular flexibility index (Phi) is 5.41. The van der Waals surface area contributed by atoms with Gasteiger partial charge in [0.25, 0.3) is 0 Å². The number of nitrogens with one attached hydrogen (secondary N) is 1. The van der Waals surface area contributed by atoms with Gasteiger partial charge in [0.2, 0.25) is 0 Å². The number of hydrogen-bond acceptors (Lipinski definition) is 5. The molecule has 0 aromatic rings. The first kappa shape index (κ1) is 15.7. The summed E-state index contributed by atoms with van der Waals surface area (Å²) in [6.07, 6.45) is -0.669. The van der Waals surface area contributed by atoms with Crippen LogP contribution in [0.25, 0.3) is 0 Å². The summed E-state index contributed by atoms with van der Waals surface area (Å²) in [6, 6.07) is 0. The van der Waals surface area contributed by atoms with Crippen LogP contribution in [0.5, 0.6) is 0 Å². The second-order valence-corrected chi connectivity index (χ2v) is 4.92. The van der Waals surface area contributed by atoms with Gasteiger partial charge in [-0.25, -0.2) is 9.59 Å². The average Bonchev–Trinajstić information content (AvgIpc) is 2.13. The summed E-state index contributed by atoms with van der Waals surface area (Å²) in [5.41, 5.74) is -1.94. The molecule has 0 saturated heterocycles. The zero-order valence-corrected chi connectivity index (χ0v) is 11.0. The second-order valence-electron chi connectivity index (χ2n) is 4.92. The van der Waals surface area contributed by atoms with Gasteiger partial charge in [-0.3, -0.25) is 0 Å². The first-order chi connectivity index (χ1) is 7.64. The maximum Gasteiger partial charge on any atom is 0.408 e. The Hall–Kier alpha value is -1.30. The monoisotopic (exact) mass is 247 g/mol. The number of rotatable bonds is 4. The second kappa shape index (κ2) is 5.86. The first-order valence-electron chi connectivity index (χ1n) is 5.35. The highest BCUT2D eigenvalue weighted by Crippen LogP contribution is 2.14. The van der Waals surface area contributed by atoms with Crippen LogP contribution >= 0.6 is 0 Å². The van der Waals surface area contributed by atoms with Crippen molar-refractivity contribution >= 4 is 12.1 Å². The first-order valence-corrected chi connectivity index (χ1v) is 5.35. The highest BCUT2D eigenvalue weighted by Gasteiger charge is 2.36. The van der Waals surface area contributed by atoms with Gasteiger partial charge in [0, 0.05) is 13.0 Å². The van der Waals surface area contributed by atoms with Crippen molar-refractivity contribution in [2.45, 2.75) is 45.3 Å². The molecule has 0 aromatic heterocycles. The molecule has 0 aromatic carbocycles. The SMILES string of the molecule is COC(=O)[C@](C)(CCO)NC(=O)OC(C)(C)C. The molecule has 0 radical (unpaired) electrons. The maximum atomic E-state index is 11.5. The molecule has 2 N–H and O–H groups in total. The number of ether oxygens (including phenoxy) is 2. The number of methoxy groups -OCH3 is 1. The van der Waals surface area contributed by atoms with Gasteiger partial charge in [-0.05, 0) is 27.7 Å². The zero-order chi connectivity index (χ0) is 13.7. The number of hydrogen-bond donors (Lipinski definition) is 2. The molecule has 0 saturated carbocycles. The Morgan fingerprint density at radius 3 is 2.12 bits per heavy atom. The van der Waals surface area contributed by atoms with Crippen molar-refractivity contribution in [1.82, 2.24) is 5.32 Å². The molecule has 6 nitrogen and oxygen atoms in total. The predicted molar refractivity (Wildman–Crippen MR) is 61.5 cm³/mol. The van der Waals surface area contributed by atoms with E-state index in [9.17, 15) is 9.59 Å². The number of alkyl carbamates (subject to hydrolysis) is 1. The highest BCUT2D eigenvalue weighted by molar-refractivity contribution is 5.85. The van der Waals surface area contributed by atoms with E-state index in [4.69, 9.17) is 9.84 Å². The number of esters is 1. The standard InChI is InChI=1S/C11H21NO5/c1-10(2,3)17-9(15)12-11(4,6-7-13)8(14)16-5/h13H,6-7H2,1-5H3,(H,12,15)/t11-/m0/s1. The van der Waals surface area contributed by atoms with E-state index in [0.717, 1.165) is 0 Å². The molecular formula is C11H21NO5. The van der Waals surface area contributed by atoms with Crippen LogP contribution in [0.3, 0.4) is 0 Å². The fourth-order valence-corrected chi connectivity index (χ4v) is 1.19. The molecule has 6 heteroatoms. The fourth-order valence-electron chi connectivity index (χ4n) is 1.19. The number of amides is 1. The van der Waals surface area contributed by atoms with Gasteiger partial charge in [0.15, 0.2) is 0 Å². The van der Waals surface area contributed by atoms with Gasteiger partial charge in [0.05, 0.1) is 7.11 Å². The van der Waals surface area contributed by atoms with E-state index >= 15 is 0 Å². The van der Waals surface area contributed by atoms with E-state index in [1.54, 1.807) is 20.8 Å². The van der Waals surface area contributed by atoms with Gasteiger partial charge >= 0.3 is 12.1 Å². The van der Waals surface area contributed by atoms with E-state index < -0.39 is 23.2 Å². The summed E-state index contributed by atoms with van der Waals surface area (Å²) in [6.45, 7) is 6.37. The lowest BCUT2D eigenvalue weighted by molar-refractivity contribution is -0.148. The molecule has 100 valence electrons. The zero-order valence-electron chi connectivity index (χ0n) is 11.0. The van der Waals surface area contributed by atoms with Gasteiger partial charge < -0.3 is 19.9 Å². The third kappa shape index (κ3) is 5.53. The molecule has 1 atom stereocenters. The summed E-state index contributed by atoms with van der Waals surface area (Å²) in [4.78, 5) is 23.1. The van der Waals surface area contributed by atoms with Crippen LogP contribution in [0, 0.1) is 0 Å². The molecule has 17 heavy (non-hydrogen) atoms. The van der Waals surface area contributed by atoms with Gasteiger partial charge in [-0.15, -0.1) is 0 Å². The number of carbonyl (C=O) groups is 2. The van der Waals surface area contributed by atoms with Crippen LogP contribution in [-0.2, 0) is 14.3 Å². The Morgan fingerprint density at radius 2 is 1.76 bits per heavy atom. The van der Waals surface area contributed by atoms with Crippen molar-refractivity contribution in [2.75, 3.05) is 13.7 Å². The van der Waals surface area contributed by atoms with Crippen molar-refractivity contribution < 1.29 is 24.2 Å². The number of aliphatic hydroxyl groups excluding tert-OH is 1. The molecule has 0 unspecified atom stereocenters. The lowest BCUT2D eigenvalue weighted by atomic mass is 9.99. The normalized spacial score (nSPS) is 14.7. The lowest BCUT2D eigenvalue weighted by Gasteiger charge is -2.29. The predicted octanol–water partition coefficient (Wildman–Crippen LogP) is 0.825. The van der Waals surface area contributed by atoms with E-state index in [0.29, 0.717) is 0 Å². The largest absolute Gasteiger partial charge is 0.467 e. The van der Waals surface area contributed by atoms with E-state index in [1.807, 2.05) is 0 Å². The van der Waals surface area contributed by atoms with Gasteiger partial charge in [-0.2, -0.15) is 0 Å². The van der Waals surface area contributed by atoms with Crippen molar-refractivity contribution in [3.05, 3.63) is 0 Å². The van der Waals surface area contributed by atoms with Crippen molar-refractivity contribution in [2.24, 2.45) is 0 Å². The average molecular weight is 247 g/mol. The van der Waals surface area contributed by atoms with Crippen LogP contribution in [0.4, 0.5) is 4.79 Å². The van der Waals surface area contributed by atoms with E-state index in [2.05, 4.69) is 10.1 Å². The molecule has 0 aliphatic rings. The third-order valence-electron chi connectivity index (χ3n) is 2.02. The van der Waals surface area contributed by atoms with Crippen molar-refractivity contribution in [3.8, 4) is 0 Å². The van der Waals surface area contributed by atoms with E-state index in [1.165, 1.54) is 14.0 Å². The molecule has 0 fully saturated rings. The molecule has 0 rings (SSSR count). The van der Waals surface area contributed by atoms with Crippen LogP contribution in [0.1, 0.15) is 34.1 Å². The Bertz CT molecular complexity index is 284. The van der Waals surface area contributed by atoms with Crippen LogP contribution < -0.4 is 5.32 Å². The minimum Gasteiger partial charge on any atom is -0.467 e. The van der Waals surface area contributed by atoms with Crippen molar-refractivity contribution in [1.29, 1.82) is 0 Å². The molecule has 0 aliphatic carbocycles. The minimum atomic E-state index is -1.29. The molecule has 0 aliphatic heterocycles. The Balaban J connectivity index is 4.66. The summed E-state index contributed by atoms with van der Waals surface area (Å²) < 4.78 is 9.61. The Morgan fingerprint density at radius 1 is 1.24 bits per heavy atom. The summed E-state index contributed by atoms with van der Waals surface area (Å²) >= 11 is 0. The summed E-state index contributed by atoms with van der Waals surface area (Å²) in [5.74, 6) is -0.627. The van der Waals surface area contributed by atoms with Gasteiger partial charge in [-0.1, -0.05) is 0 Å².